The summed E-state index contributed by atoms with van der Waals surface area (Å²) in [5, 5.41) is 0. The molecule has 0 aromatic carbocycles. The lowest BCUT2D eigenvalue weighted by Gasteiger charge is -2.32. The molecule has 0 N–H and O–H groups in total. The molecule has 2 fully saturated rings. The highest BCUT2D eigenvalue weighted by molar-refractivity contribution is 6.48. The molecule has 1 aromatic rings. The molecule has 6 nitrogen and oxygen atoms in total. The summed E-state index contributed by atoms with van der Waals surface area (Å²) >= 11 is 0. The predicted octanol–water partition coefficient (Wildman–Crippen LogP) is 3.88. The van der Waals surface area contributed by atoms with Crippen molar-refractivity contribution in [3.8, 4) is 0 Å². The first-order chi connectivity index (χ1) is 12.4. The molecule has 2 unspecified atom stereocenters. The van der Waals surface area contributed by atoms with Crippen molar-refractivity contribution in [3.63, 3.8) is 0 Å². The maximum atomic E-state index is 12.7. The third-order valence-corrected chi connectivity index (χ3v) is 5.75. The molecule has 0 radical (unpaired) electrons. The molecule has 0 saturated carbocycles. The summed E-state index contributed by atoms with van der Waals surface area (Å²) in [6.07, 6.45) is 3.32. The molecule has 1 aromatic heterocycles. The minimum absolute atomic E-state index is 0.0165. The van der Waals surface area contributed by atoms with Gasteiger partial charge in [0, 0.05) is 37.2 Å². The standard InChI is InChI=1S/C20H31BN2O4/c1-18(2,3)25-17(24)23-12-15(14-9-8-10-22-11-14)16(13-23)21-26-19(4,5)20(6,7)27-21/h8-11,15-16H,12-13H2,1-7H3. The Kier molecular flexibility index (Phi) is 5.06. The Morgan fingerprint density at radius 2 is 1.85 bits per heavy atom. The van der Waals surface area contributed by atoms with Gasteiger partial charge in [-0.3, -0.25) is 4.98 Å². The molecule has 2 aliphatic heterocycles. The molecule has 148 valence electrons. The van der Waals surface area contributed by atoms with E-state index in [9.17, 15) is 4.79 Å². The second-order valence-corrected chi connectivity index (χ2v) is 9.57. The zero-order valence-corrected chi connectivity index (χ0v) is 17.5. The first-order valence-corrected chi connectivity index (χ1v) is 9.63. The molecule has 3 rings (SSSR count). The van der Waals surface area contributed by atoms with Gasteiger partial charge in [-0.15, -0.1) is 0 Å². The Hall–Kier alpha value is -1.60. The van der Waals surface area contributed by atoms with Crippen LogP contribution in [-0.2, 0) is 14.0 Å². The number of carbonyl (C=O) groups is 1. The summed E-state index contributed by atoms with van der Waals surface area (Å²) in [6, 6.07) is 3.97. The van der Waals surface area contributed by atoms with Gasteiger partial charge in [0.05, 0.1) is 11.2 Å². The number of aromatic nitrogens is 1. The normalized spacial score (nSPS) is 27.1. The van der Waals surface area contributed by atoms with Crippen molar-refractivity contribution in [2.45, 2.75) is 77.0 Å². The van der Waals surface area contributed by atoms with Crippen LogP contribution < -0.4 is 0 Å². The monoisotopic (exact) mass is 374 g/mol. The Morgan fingerprint density at radius 1 is 1.22 bits per heavy atom. The zero-order chi connectivity index (χ0) is 20.0. The minimum Gasteiger partial charge on any atom is -0.444 e. The summed E-state index contributed by atoms with van der Waals surface area (Å²) in [6.45, 7) is 14.9. The molecular weight excluding hydrogens is 343 g/mol. The number of pyridine rings is 1. The minimum atomic E-state index is -0.524. The van der Waals surface area contributed by atoms with Gasteiger partial charge in [0.1, 0.15) is 5.60 Å². The summed E-state index contributed by atoms with van der Waals surface area (Å²) < 4.78 is 18.2. The summed E-state index contributed by atoms with van der Waals surface area (Å²) in [4.78, 5) is 18.7. The molecule has 7 heteroatoms. The first kappa shape index (κ1) is 20.1. The lowest BCUT2D eigenvalue weighted by molar-refractivity contribution is 0.00578. The average Bonchev–Trinajstić information content (AvgIpc) is 3.06. The molecule has 27 heavy (non-hydrogen) atoms. The highest BCUT2D eigenvalue weighted by atomic mass is 16.7. The number of nitrogens with zero attached hydrogens (tertiary/aromatic N) is 2. The topological polar surface area (TPSA) is 60.9 Å². The van der Waals surface area contributed by atoms with Crippen LogP contribution >= 0.6 is 0 Å². The van der Waals surface area contributed by atoms with E-state index < -0.39 is 16.8 Å². The van der Waals surface area contributed by atoms with Gasteiger partial charge in [0.25, 0.3) is 0 Å². The predicted molar refractivity (Wildman–Crippen MR) is 105 cm³/mol. The fourth-order valence-electron chi connectivity index (χ4n) is 3.59. The largest absolute Gasteiger partial charge is 0.463 e. The van der Waals surface area contributed by atoms with Gasteiger partial charge in [-0.1, -0.05) is 6.07 Å². The van der Waals surface area contributed by atoms with E-state index in [0.29, 0.717) is 13.1 Å². The Labute approximate surface area is 162 Å². The maximum absolute atomic E-state index is 12.7. The fourth-order valence-corrected chi connectivity index (χ4v) is 3.59. The number of hydrogen-bond donors (Lipinski definition) is 0. The number of amides is 1. The van der Waals surface area contributed by atoms with Crippen molar-refractivity contribution >= 4 is 13.2 Å². The molecule has 2 saturated heterocycles. The van der Waals surface area contributed by atoms with E-state index in [1.807, 2.05) is 60.7 Å². The molecule has 3 heterocycles. The summed E-state index contributed by atoms with van der Waals surface area (Å²) in [5.41, 5.74) is -0.251. The van der Waals surface area contributed by atoms with Crippen LogP contribution in [0.1, 0.15) is 59.9 Å². The van der Waals surface area contributed by atoms with Crippen LogP contribution in [0.5, 0.6) is 0 Å². The highest BCUT2D eigenvalue weighted by Gasteiger charge is 2.57. The van der Waals surface area contributed by atoms with Gasteiger partial charge in [-0.2, -0.15) is 0 Å². The van der Waals surface area contributed by atoms with Gasteiger partial charge in [-0.25, -0.2) is 4.79 Å². The second-order valence-electron chi connectivity index (χ2n) is 9.57. The van der Waals surface area contributed by atoms with E-state index in [2.05, 4.69) is 11.1 Å². The van der Waals surface area contributed by atoms with Gasteiger partial charge >= 0.3 is 13.2 Å². The van der Waals surface area contributed by atoms with E-state index in [1.54, 1.807) is 11.1 Å². The van der Waals surface area contributed by atoms with Crippen LogP contribution in [0.25, 0.3) is 0 Å². The molecular formula is C20H31BN2O4. The smallest absolute Gasteiger partial charge is 0.444 e. The quantitative estimate of drug-likeness (QED) is 0.736. The molecule has 0 spiro atoms. The summed E-state index contributed by atoms with van der Waals surface area (Å²) in [5.74, 6) is 0.101. The van der Waals surface area contributed by atoms with Crippen LogP contribution in [-0.4, -0.2) is 53.0 Å². The van der Waals surface area contributed by atoms with Gasteiger partial charge in [-0.05, 0) is 60.1 Å². The highest BCUT2D eigenvalue weighted by Crippen LogP contribution is 2.47. The number of carbonyl (C=O) groups excluding carboxylic acids is 1. The summed E-state index contributed by atoms with van der Waals surface area (Å²) in [7, 11) is -0.382. The third-order valence-electron chi connectivity index (χ3n) is 5.75. The molecule has 1 amide bonds. The fraction of sp³-hybridized carbons (Fsp3) is 0.700. The second kappa shape index (κ2) is 6.78. The zero-order valence-electron chi connectivity index (χ0n) is 17.5. The van der Waals surface area contributed by atoms with E-state index in [-0.39, 0.29) is 24.9 Å². The lowest BCUT2D eigenvalue weighted by atomic mass is 9.65. The van der Waals surface area contributed by atoms with E-state index in [0.717, 1.165) is 5.56 Å². The molecule has 2 aliphatic rings. The van der Waals surface area contributed by atoms with Crippen LogP contribution in [0.3, 0.4) is 0 Å². The molecule has 0 bridgehead atoms. The van der Waals surface area contributed by atoms with Crippen LogP contribution in [0.15, 0.2) is 24.5 Å². The van der Waals surface area contributed by atoms with E-state index in [1.165, 1.54) is 0 Å². The van der Waals surface area contributed by atoms with Gasteiger partial charge in [0.2, 0.25) is 0 Å². The molecule has 2 atom stereocenters. The SMILES string of the molecule is CC(C)(C)OC(=O)N1CC(B2OC(C)(C)C(C)(C)O2)C(c2cccnc2)C1. The third kappa shape index (κ3) is 4.14. The van der Waals surface area contributed by atoms with Crippen molar-refractivity contribution in [2.24, 2.45) is 0 Å². The van der Waals surface area contributed by atoms with Crippen LogP contribution in [0.4, 0.5) is 4.79 Å². The number of rotatable bonds is 2. The van der Waals surface area contributed by atoms with E-state index in [4.69, 9.17) is 14.0 Å². The average molecular weight is 374 g/mol. The number of ether oxygens (including phenoxy) is 1. The van der Waals surface area contributed by atoms with Crippen molar-refractivity contribution in [1.82, 2.24) is 9.88 Å². The Morgan fingerprint density at radius 3 is 2.37 bits per heavy atom. The van der Waals surface area contributed by atoms with Crippen LogP contribution in [0, 0.1) is 0 Å². The van der Waals surface area contributed by atoms with E-state index >= 15 is 0 Å². The number of likely N-dealkylation sites (tertiary alicyclic amines) is 1. The maximum Gasteiger partial charge on any atom is 0.463 e. The van der Waals surface area contributed by atoms with Crippen molar-refractivity contribution in [2.75, 3.05) is 13.1 Å². The Bertz CT molecular complexity index is 671. The number of hydrogen-bond acceptors (Lipinski definition) is 5. The first-order valence-electron chi connectivity index (χ1n) is 9.63. The lowest BCUT2D eigenvalue weighted by Crippen LogP contribution is -2.41. The van der Waals surface area contributed by atoms with Crippen molar-refractivity contribution in [3.05, 3.63) is 30.1 Å². The van der Waals surface area contributed by atoms with Crippen LogP contribution in [0.2, 0.25) is 5.82 Å². The van der Waals surface area contributed by atoms with Crippen molar-refractivity contribution in [1.29, 1.82) is 0 Å². The van der Waals surface area contributed by atoms with Crippen molar-refractivity contribution < 1.29 is 18.8 Å². The van der Waals surface area contributed by atoms with Gasteiger partial charge in [0.15, 0.2) is 0 Å². The molecule has 0 aliphatic carbocycles. The Balaban J connectivity index is 1.85. The van der Waals surface area contributed by atoms with Gasteiger partial charge < -0.3 is 18.9 Å².